The quantitative estimate of drug-likeness (QED) is 0.598. The van der Waals surface area contributed by atoms with Crippen LogP contribution in [0.15, 0.2) is 52.3 Å². The van der Waals surface area contributed by atoms with E-state index in [2.05, 4.69) is 14.2 Å². The number of esters is 1. The average Bonchev–Trinajstić information content (AvgIpc) is 2.66. The molecule has 158 valence electrons. The molecule has 0 amide bonds. The number of rotatable bonds is 8. The molecule has 0 radical (unpaired) electrons. The summed E-state index contributed by atoms with van der Waals surface area (Å²) >= 11 is 0. The molecule has 0 aliphatic carbocycles. The minimum atomic E-state index is -4.15. The zero-order valence-electron chi connectivity index (χ0n) is 16.3. The zero-order chi connectivity index (χ0) is 21.8. The first-order valence-electron chi connectivity index (χ1n) is 8.41. The second-order valence-electron chi connectivity index (χ2n) is 6.26. The molecule has 0 spiro atoms. The summed E-state index contributed by atoms with van der Waals surface area (Å²) in [6, 6.07) is 8.72. The summed E-state index contributed by atoms with van der Waals surface area (Å²) in [5.41, 5.74) is -0.0117. The van der Waals surface area contributed by atoms with Crippen molar-refractivity contribution in [2.45, 2.75) is 29.7 Å². The van der Waals surface area contributed by atoms with Gasteiger partial charge in [-0.05, 0) is 50.2 Å². The molecular weight excluding hydrogens is 420 g/mol. The molecule has 0 aromatic heterocycles. The highest BCUT2D eigenvalue weighted by Gasteiger charge is 2.22. The van der Waals surface area contributed by atoms with E-state index in [1.165, 1.54) is 44.6 Å². The molecule has 0 unspecified atom stereocenters. The number of anilines is 1. The van der Waals surface area contributed by atoms with Crippen LogP contribution in [0, 0.1) is 0 Å². The Morgan fingerprint density at radius 1 is 0.931 bits per heavy atom. The van der Waals surface area contributed by atoms with E-state index in [-0.39, 0.29) is 32.8 Å². The molecule has 0 saturated carbocycles. The van der Waals surface area contributed by atoms with Gasteiger partial charge in [0, 0.05) is 6.04 Å². The van der Waals surface area contributed by atoms with Crippen LogP contribution in [0.1, 0.15) is 24.2 Å². The first-order valence-corrected chi connectivity index (χ1v) is 11.4. The molecule has 0 atom stereocenters. The first kappa shape index (κ1) is 22.7. The summed E-state index contributed by atoms with van der Waals surface area (Å²) in [6.07, 6.45) is 0. The SMILES string of the molecule is COC(=O)c1cccc(S(=O)(=O)Nc2cc(S(=O)(=O)NC(C)C)ccc2OC)c1. The molecule has 0 bridgehead atoms. The van der Waals surface area contributed by atoms with Crippen molar-refractivity contribution in [1.82, 2.24) is 4.72 Å². The molecular formula is C18H22N2O7S2. The van der Waals surface area contributed by atoms with E-state index in [1.807, 2.05) is 0 Å². The normalized spacial score (nSPS) is 11.9. The molecule has 0 aliphatic heterocycles. The fourth-order valence-corrected chi connectivity index (χ4v) is 4.81. The Bertz CT molecular complexity index is 1110. The van der Waals surface area contributed by atoms with E-state index in [9.17, 15) is 21.6 Å². The Labute approximate surface area is 170 Å². The maximum atomic E-state index is 12.8. The van der Waals surface area contributed by atoms with E-state index in [1.54, 1.807) is 13.8 Å². The van der Waals surface area contributed by atoms with Crippen LogP contribution in [0.25, 0.3) is 0 Å². The predicted molar refractivity (Wildman–Crippen MR) is 107 cm³/mol. The number of methoxy groups -OCH3 is 2. The van der Waals surface area contributed by atoms with Crippen molar-refractivity contribution in [3.05, 3.63) is 48.0 Å². The van der Waals surface area contributed by atoms with Gasteiger partial charge in [-0.15, -0.1) is 0 Å². The lowest BCUT2D eigenvalue weighted by Gasteiger charge is -2.15. The van der Waals surface area contributed by atoms with Crippen LogP contribution in [-0.2, 0) is 24.8 Å². The number of carbonyl (C=O) groups excluding carboxylic acids is 1. The minimum absolute atomic E-state index is 0.0554. The van der Waals surface area contributed by atoms with Gasteiger partial charge in [0.1, 0.15) is 5.75 Å². The number of hydrogen-bond donors (Lipinski definition) is 2. The Morgan fingerprint density at radius 3 is 2.17 bits per heavy atom. The Hall–Kier alpha value is -2.63. The van der Waals surface area contributed by atoms with Crippen LogP contribution in [0.2, 0.25) is 0 Å². The second kappa shape index (κ2) is 8.80. The minimum Gasteiger partial charge on any atom is -0.495 e. The predicted octanol–water partition coefficient (Wildman–Crippen LogP) is 1.97. The monoisotopic (exact) mass is 442 g/mol. The highest BCUT2D eigenvalue weighted by molar-refractivity contribution is 7.92. The molecule has 2 aromatic rings. The molecule has 0 saturated heterocycles. The van der Waals surface area contributed by atoms with Gasteiger partial charge in [0.25, 0.3) is 10.0 Å². The van der Waals surface area contributed by atoms with E-state index in [0.29, 0.717) is 0 Å². The summed E-state index contributed by atoms with van der Waals surface area (Å²) in [4.78, 5) is 11.3. The van der Waals surface area contributed by atoms with E-state index >= 15 is 0 Å². The molecule has 0 heterocycles. The summed E-state index contributed by atoms with van der Waals surface area (Å²) in [5.74, 6) is -0.561. The maximum Gasteiger partial charge on any atom is 0.337 e. The van der Waals surface area contributed by atoms with Crippen molar-refractivity contribution in [3.8, 4) is 5.75 Å². The van der Waals surface area contributed by atoms with Crippen LogP contribution in [-0.4, -0.2) is 43.1 Å². The molecule has 2 rings (SSSR count). The molecule has 0 fully saturated rings. The fraction of sp³-hybridized carbons (Fsp3) is 0.278. The highest BCUT2D eigenvalue weighted by Crippen LogP contribution is 2.30. The van der Waals surface area contributed by atoms with Crippen LogP contribution in [0.4, 0.5) is 5.69 Å². The van der Waals surface area contributed by atoms with Gasteiger partial charge in [-0.25, -0.2) is 26.4 Å². The summed E-state index contributed by atoms with van der Waals surface area (Å²) in [7, 11) is -5.49. The van der Waals surface area contributed by atoms with Crippen LogP contribution in [0.5, 0.6) is 5.75 Å². The van der Waals surface area contributed by atoms with Gasteiger partial charge in [0.15, 0.2) is 0 Å². The lowest BCUT2D eigenvalue weighted by molar-refractivity contribution is 0.0600. The summed E-state index contributed by atoms with van der Waals surface area (Å²) in [6.45, 7) is 3.33. The van der Waals surface area contributed by atoms with Crippen LogP contribution >= 0.6 is 0 Å². The van der Waals surface area contributed by atoms with Gasteiger partial charge in [-0.2, -0.15) is 0 Å². The topological polar surface area (TPSA) is 128 Å². The van der Waals surface area contributed by atoms with Crippen molar-refractivity contribution >= 4 is 31.7 Å². The van der Waals surface area contributed by atoms with Crippen molar-refractivity contribution in [2.24, 2.45) is 0 Å². The van der Waals surface area contributed by atoms with Crippen LogP contribution in [0.3, 0.4) is 0 Å². The van der Waals surface area contributed by atoms with Crippen molar-refractivity contribution < 1.29 is 31.1 Å². The first-order chi connectivity index (χ1) is 13.5. The fourth-order valence-electron chi connectivity index (χ4n) is 2.42. The van der Waals surface area contributed by atoms with Gasteiger partial charge in [-0.1, -0.05) is 6.07 Å². The van der Waals surface area contributed by atoms with Crippen LogP contribution < -0.4 is 14.2 Å². The lowest BCUT2D eigenvalue weighted by atomic mass is 10.2. The number of ether oxygens (including phenoxy) is 2. The number of benzene rings is 2. The second-order valence-corrected chi connectivity index (χ2v) is 9.66. The smallest absolute Gasteiger partial charge is 0.337 e. The third-order valence-electron chi connectivity index (χ3n) is 3.68. The number of sulfonamides is 2. The Morgan fingerprint density at radius 2 is 1.59 bits per heavy atom. The van der Waals surface area contributed by atoms with Crippen molar-refractivity contribution in [1.29, 1.82) is 0 Å². The molecule has 0 aliphatic rings. The van der Waals surface area contributed by atoms with Gasteiger partial charge < -0.3 is 9.47 Å². The molecule has 11 heteroatoms. The van der Waals surface area contributed by atoms with E-state index < -0.39 is 26.0 Å². The van der Waals surface area contributed by atoms with Gasteiger partial charge >= 0.3 is 5.97 Å². The molecule has 2 N–H and O–H groups in total. The number of hydrogen-bond acceptors (Lipinski definition) is 7. The molecule has 2 aromatic carbocycles. The third-order valence-corrected chi connectivity index (χ3v) is 6.70. The Kier molecular flexibility index (Phi) is 6.88. The van der Waals surface area contributed by atoms with Gasteiger partial charge in [-0.3, -0.25) is 4.72 Å². The van der Waals surface area contributed by atoms with E-state index in [0.717, 1.165) is 12.1 Å². The van der Waals surface area contributed by atoms with E-state index in [4.69, 9.17) is 4.74 Å². The van der Waals surface area contributed by atoms with Crippen molar-refractivity contribution in [2.75, 3.05) is 18.9 Å². The largest absolute Gasteiger partial charge is 0.495 e. The molecule has 9 nitrogen and oxygen atoms in total. The van der Waals surface area contributed by atoms with Crippen molar-refractivity contribution in [3.63, 3.8) is 0 Å². The summed E-state index contributed by atoms with van der Waals surface area (Å²) in [5, 5.41) is 0. The standard InChI is InChI=1S/C18H22N2O7S2/c1-12(2)19-28(22,23)15-8-9-17(26-3)16(11-15)20-29(24,25)14-7-5-6-13(10-14)18(21)27-4/h5-12,19-20H,1-4H3. The van der Waals surface area contributed by atoms with Gasteiger partial charge in [0.2, 0.25) is 10.0 Å². The molecule has 29 heavy (non-hydrogen) atoms. The summed E-state index contributed by atoms with van der Waals surface area (Å²) < 4.78 is 64.8. The zero-order valence-corrected chi connectivity index (χ0v) is 17.9. The average molecular weight is 443 g/mol. The third kappa shape index (κ3) is 5.46. The number of nitrogens with one attached hydrogen (secondary N) is 2. The number of carbonyl (C=O) groups is 1. The lowest BCUT2D eigenvalue weighted by Crippen LogP contribution is -2.30. The highest BCUT2D eigenvalue weighted by atomic mass is 32.2. The van der Waals surface area contributed by atoms with Gasteiger partial charge in [0.05, 0.1) is 35.3 Å². The maximum absolute atomic E-state index is 12.8. The Balaban J connectivity index is 2.47.